The Labute approximate surface area is 104 Å². The molecule has 0 aliphatic carbocycles. The van der Waals surface area contributed by atoms with Crippen LogP contribution in [0.1, 0.15) is 20.8 Å². The minimum Gasteiger partial charge on any atom is -0.492 e. The lowest BCUT2D eigenvalue weighted by Gasteiger charge is -2.21. The standard InChI is InChI=1S/C14H24N2O/c1-4-17-14-8-6-5-7-13(14)16-10-12(9-15)11(2)3/h5-8,11-12,16H,4,9-10,15H2,1-3H3. The molecule has 0 amide bonds. The molecule has 17 heavy (non-hydrogen) atoms. The lowest BCUT2D eigenvalue weighted by molar-refractivity contribution is 0.341. The Balaban J connectivity index is 2.61. The van der Waals surface area contributed by atoms with Crippen molar-refractivity contribution in [1.82, 2.24) is 0 Å². The van der Waals surface area contributed by atoms with Crippen LogP contribution in [-0.4, -0.2) is 19.7 Å². The Kier molecular flexibility index (Phi) is 5.84. The van der Waals surface area contributed by atoms with Crippen molar-refractivity contribution in [2.24, 2.45) is 17.6 Å². The lowest BCUT2D eigenvalue weighted by atomic mass is 9.96. The van der Waals surface area contributed by atoms with Gasteiger partial charge in [-0.3, -0.25) is 0 Å². The highest BCUT2D eigenvalue weighted by Crippen LogP contribution is 2.24. The van der Waals surface area contributed by atoms with Gasteiger partial charge in [0.25, 0.3) is 0 Å². The fraction of sp³-hybridized carbons (Fsp3) is 0.571. The Hall–Kier alpha value is -1.22. The molecule has 96 valence electrons. The molecule has 0 saturated carbocycles. The number of nitrogens with two attached hydrogens (primary N) is 1. The number of rotatable bonds is 7. The smallest absolute Gasteiger partial charge is 0.142 e. The fourth-order valence-corrected chi connectivity index (χ4v) is 1.73. The third-order valence-corrected chi connectivity index (χ3v) is 2.99. The molecule has 0 radical (unpaired) electrons. The van der Waals surface area contributed by atoms with Crippen molar-refractivity contribution in [2.45, 2.75) is 20.8 Å². The zero-order chi connectivity index (χ0) is 12.7. The SMILES string of the molecule is CCOc1ccccc1NCC(CN)C(C)C. The highest BCUT2D eigenvalue weighted by Gasteiger charge is 2.11. The van der Waals surface area contributed by atoms with E-state index in [1.165, 1.54) is 0 Å². The number of ether oxygens (including phenoxy) is 1. The summed E-state index contributed by atoms with van der Waals surface area (Å²) in [6.45, 7) is 8.68. The molecule has 0 fully saturated rings. The summed E-state index contributed by atoms with van der Waals surface area (Å²) in [6, 6.07) is 8.02. The van der Waals surface area contributed by atoms with Crippen LogP contribution >= 0.6 is 0 Å². The third kappa shape index (κ3) is 4.27. The highest BCUT2D eigenvalue weighted by atomic mass is 16.5. The Morgan fingerprint density at radius 3 is 2.59 bits per heavy atom. The predicted octanol–water partition coefficient (Wildman–Crippen LogP) is 2.73. The van der Waals surface area contributed by atoms with Crippen LogP contribution in [0.15, 0.2) is 24.3 Å². The van der Waals surface area contributed by atoms with E-state index in [2.05, 4.69) is 19.2 Å². The van der Waals surface area contributed by atoms with Gasteiger partial charge in [-0.1, -0.05) is 26.0 Å². The van der Waals surface area contributed by atoms with Crippen molar-refractivity contribution in [3.05, 3.63) is 24.3 Å². The second-order valence-corrected chi connectivity index (χ2v) is 4.55. The monoisotopic (exact) mass is 236 g/mol. The number of benzene rings is 1. The van der Waals surface area contributed by atoms with Crippen LogP contribution < -0.4 is 15.8 Å². The van der Waals surface area contributed by atoms with E-state index >= 15 is 0 Å². The largest absolute Gasteiger partial charge is 0.492 e. The summed E-state index contributed by atoms with van der Waals surface area (Å²) in [4.78, 5) is 0. The molecule has 3 heteroatoms. The average Bonchev–Trinajstić information content (AvgIpc) is 2.32. The van der Waals surface area contributed by atoms with E-state index in [4.69, 9.17) is 10.5 Å². The Morgan fingerprint density at radius 2 is 2.00 bits per heavy atom. The van der Waals surface area contributed by atoms with Gasteiger partial charge in [-0.05, 0) is 37.4 Å². The molecule has 1 atom stereocenters. The van der Waals surface area contributed by atoms with Crippen LogP contribution in [0.25, 0.3) is 0 Å². The zero-order valence-corrected chi connectivity index (χ0v) is 11.1. The van der Waals surface area contributed by atoms with E-state index in [0.29, 0.717) is 25.0 Å². The van der Waals surface area contributed by atoms with E-state index in [1.54, 1.807) is 0 Å². The van der Waals surface area contributed by atoms with Gasteiger partial charge in [-0.15, -0.1) is 0 Å². The molecule has 0 aliphatic rings. The van der Waals surface area contributed by atoms with Crippen molar-refractivity contribution < 1.29 is 4.74 Å². The maximum atomic E-state index is 5.76. The summed E-state index contributed by atoms with van der Waals surface area (Å²) in [7, 11) is 0. The summed E-state index contributed by atoms with van der Waals surface area (Å²) in [6.07, 6.45) is 0. The van der Waals surface area contributed by atoms with Crippen LogP contribution in [0.3, 0.4) is 0 Å². The van der Waals surface area contributed by atoms with Crippen molar-refractivity contribution in [3.63, 3.8) is 0 Å². The molecule has 0 saturated heterocycles. The first-order chi connectivity index (χ1) is 8.19. The van der Waals surface area contributed by atoms with Crippen LogP contribution in [0.2, 0.25) is 0 Å². The maximum Gasteiger partial charge on any atom is 0.142 e. The van der Waals surface area contributed by atoms with Gasteiger partial charge in [0.15, 0.2) is 0 Å². The molecule has 0 spiro atoms. The third-order valence-electron chi connectivity index (χ3n) is 2.99. The van der Waals surface area contributed by atoms with Crippen LogP contribution in [0, 0.1) is 11.8 Å². The minimum absolute atomic E-state index is 0.490. The van der Waals surface area contributed by atoms with Crippen LogP contribution in [0.4, 0.5) is 5.69 Å². The predicted molar refractivity (Wildman–Crippen MR) is 73.5 cm³/mol. The number of hydrogen-bond donors (Lipinski definition) is 2. The molecule has 3 nitrogen and oxygen atoms in total. The summed E-state index contributed by atoms with van der Waals surface area (Å²) in [5.74, 6) is 1.99. The van der Waals surface area contributed by atoms with Gasteiger partial charge in [0, 0.05) is 6.54 Å². The van der Waals surface area contributed by atoms with Gasteiger partial charge >= 0.3 is 0 Å². The van der Waals surface area contributed by atoms with Crippen molar-refractivity contribution >= 4 is 5.69 Å². The number of hydrogen-bond acceptors (Lipinski definition) is 3. The maximum absolute atomic E-state index is 5.76. The van der Waals surface area contributed by atoms with Crippen molar-refractivity contribution in [1.29, 1.82) is 0 Å². The normalized spacial score (nSPS) is 12.5. The lowest BCUT2D eigenvalue weighted by Crippen LogP contribution is -2.27. The van der Waals surface area contributed by atoms with E-state index in [-0.39, 0.29) is 0 Å². The first kappa shape index (κ1) is 13.8. The molecule has 1 unspecified atom stereocenters. The number of para-hydroxylation sites is 2. The molecule has 0 bridgehead atoms. The van der Waals surface area contributed by atoms with Gasteiger partial charge in [-0.25, -0.2) is 0 Å². The Morgan fingerprint density at radius 1 is 1.29 bits per heavy atom. The minimum atomic E-state index is 0.490. The summed E-state index contributed by atoms with van der Waals surface area (Å²) in [5.41, 5.74) is 6.81. The van der Waals surface area contributed by atoms with Gasteiger partial charge in [-0.2, -0.15) is 0 Å². The summed E-state index contributed by atoms with van der Waals surface area (Å²) >= 11 is 0. The van der Waals surface area contributed by atoms with E-state index in [1.807, 2.05) is 31.2 Å². The highest BCUT2D eigenvalue weighted by molar-refractivity contribution is 5.56. The average molecular weight is 236 g/mol. The van der Waals surface area contributed by atoms with Gasteiger partial charge < -0.3 is 15.8 Å². The van der Waals surface area contributed by atoms with Gasteiger partial charge in [0.1, 0.15) is 5.75 Å². The molecule has 1 aromatic rings. The molecule has 0 heterocycles. The Bertz CT molecular complexity index is 326. The molecule has 1 rings (SSSR count). The summed E-state index contributed by atoms with van der Waals surface area (Å²) in [5, 5.41) is 3.43. The van der Waals surface area contributed by atoms with E-state index < -0.39 is 0 Å². The fourth-order valence-electron chi connectivity index (χ4n) is 1.73. The van der Waals surface area contributed by atoms with E-state index in [9.17, 15) is 0 Å². The molecular weight excluding hydrogens is 212 g/mol. The first-order valence-electron chi connectivity index (χ1n) is 6.34. The first-order valence-corrected chi connectivity index (χ1v) is 6.34. The molecular formula is C14H24N2O. The molecule has 0 aliphatic heterocycles. The molecule has 1 aromatic carbocycles. The van der Waals surface area contributed by atoms with Crippen molar-refractivity contribution in [3.8, 4) is 5.75 Å². The number of anilines is 1. The second kappa shape index (κ2) is 7.17. The van der Waals surface area contributed by atoms with Gasteiger partial charge in [0.2, 0.25) is 0 Å². The van der Waals surface area contributed by atoms with Crippen LogP contribution in [-0.2, 0) is 0 Å². The molecule has 3 N–H and O–H groups in total. The number of nitrogens with one attached hydrogen (secondary N) is 1. The quantitative estimate of drug-likeness (QED) is 0.765. The van der Waals surface area contributed by atoms with Gasteiger partial charge in [0.05, 0.1) is 12.3 Å². The molecule has 0 aromatic heterocycles. The topological polar surface area (TPSA) is 47.3 Å². The van der Waals surface area contributed by atoms with Crippen molar-refractivity contribution in [2.75, 3.05) is 25.0 Å². The second-order valence-electron chi connectivity index (χ2n) is 4.55. The van der Waals surface area contributed by atoms with Crippen LogP contribution in [0.5, 0.6) is 5.75 Å². The summed E-state index contributed by atoms with van der Waals surface area (Å²) < 4.78 is 5.57. The zero-order valence-electron chi connectivity index (χ0n) is 11.1. The van der Waals surface area contributed by atoms with E-state index in [0.717, 1.165) is 18.0 Å².